The summed E-state index contributed by atoms with van der Waals surface area (Å²) < 4.78 is 9.82. The van der Waals surface area contributed by atoms with Crippen LogP contribution in [0.5, 0.6) is 0 Å². The first-order valence-electron chi connectivity index (χ1n) is 6.75. The number of hydrogen-bond acceptors (Lipinski definition) is 5. The number of urea groups is 1. The van der Waals surface area contributed by atoms with Crippen LogP contribution in [0, 0.1) is 6.92 Å². The normalized spacial score (nSPS) is 18.1. The lowest BCUT2D eigenvalue weighted by Crippen LogP contribution is -2.42. The molecule has 110 valence electrons. The maximum absolute atomic E-state index is 12.1. The highest BCUT2D eigenvalue weighted by atomic mass is 16.5. The molecular formula is C13H19N3O4. The Hall–Kier alpha value is -2.05. The molecule has 2 heterocycles. The Bertz CT molecular complexity index is 486. The summed E-state index contributed by atoms with van der Waals surface area (Å²) in [6.45, 7) is 4.37. The molecule has 1 atom stereocenters. The van der Waals surface area contributed by atoms with Gasteiger partial charge in [-0.3, -0.25) is 4.79 Å². The van der Waals surface area contributed by atoms with Gasteiger partial charge in [0.05, 0.1) is 12.6 Å². The summed E-state index contributed by atoms with van der Waals surface area (Å²) in [5, 5.41) is 6.54. The van der Waals surface area contributed by atoms with Gasteiger partial charge in [0.1, 0.15) is 18.0 Å². The van der Waals surface area contributed by atoms with Crippen molar-refractivity contribution in [1.29, 1.82) is 0 Å². The van der Waals surface area contributed by atoms with E-state index in [0.717, 1.165) is 24.3 Å². The highest BCUT2D eigenvalue weighted by molar-refractivity contribution is 5.81. The number of hydrogen-bond donors (Lipinski definition) is 1. The van der Waals surface area contributed by atoms with Crippen LogP contribution in [0.4, 0.5) is 4.79 Å². The number of amides is 2. The summed E-state index contributed by atoms with van der Waals surface area (Å²) in [6, 6.07) is 1.47. The molecule has 0 unspecified atom stereocenters. The van der Waals surface area contributed by atoms with E-state index >= 15 is 0 Å². The van der Waals surface area contributed by atoms with Crippen molar-refractivity contribution in [3.05, 3.63) is 17.5 Å². The highest BCUT2D eigenvalue weighted by Crippen LogP contribution is 2.31. The number of nitrogens with zero attached hydrogens (tertiary/aromatic N) is 2. The lowest BCUT2D eigenvalue weighted by molar-refractivity contribution is -0.141. The Morgan fingerprint density at radius 2 is 2.40 bits per heavy atom. The van der Waals surface area contributed by atoms with Crippen molar-refractivity contribution in [2.24, 2.45) is 0 Å². The quantitative estimate of drug-likeness (QED) is 0.843. The van der Waals surface area contributed by atoms with Crippen molar-refractivity contribution in [2.75, 3.05) is 19.7 Å². The third kappa shape index (κ3) is 3.28. The largest absolute Gasteiger partial charge is 0.465 e. The van der Waals surface area contributed by atoms with Crippen molar-refractivity contribution in [3.63, 3.8) is 0 Å². The van der Waals surface area contributed by atoms with Crippen molar-refractivity contribution < 1.29 is 18.8 Å². The Balaban J connectivity index is 1.93. The summed E-state index contributed by atoms with van der Waals surface area (Å²) in [6.07, 6.45) is 1.75. The molecule has 2 rings (SSSR count). The molecule has 7 heteroatoms. The molecule has 1 fully saturated rings. The average Bonchev–Trinajstić information content (AvgIpc) is 3.04. The van der Waals surface area contributed by atoms with Crippen LogP contribution in [0.2, 0.25) is 0 Å². The molecule has 1 aromatic heterocycles. The van der Waals surface area contributed by atoms with Gasteiger partial charge in [-0.15, -0.1) is 0 Å². The Morgan fingerprint density at radius 1 is 1.60 bits per heavy atom. The molecular weight excluding hydrogens is 262 g/mol. The van der Waals surface area contributed by atoms with Crippen LogP contribution in [0.25, 0.3) is 0 Å². The molecule has 0 aromatic carbocycles. The number of ether oxygens (including phenoxy) is 1. The number of carbonyl (C=O) groups is 2. The van der Waals surface area contributed by atoms with Crippen molar-refractivity contribution >= 4 is 12.0 Å². The van der Waals surface area contributed by atoms with Gasteiger partial charge in [-0.2, -0.15) is 0 Å². The second-order valence-corrected chi connectivity index (χ2v) is 4.68. The second-order valence-electron chi connectivity index (χ2n) is 4.68. The summed E-state index contributed by atoms with van der Waals surface area (Å²) in [4.78, 5) is 25.0. The Labute approximate surface area is 117 Å². The van der Waals surface area contributed by atoms with Crippen LogP contribution < -0.4 is 5.32 Å². The number of carbonyl (C=O) groups excluding carboxylic acids is 2. The molecule has 0 aliphatic carbocycles. The second kappa shape index (κ2) is 6.40. The summed E-state index contributed by atoms with van der Waals surface area (Å²) in [7, 11) is 0. The molecule has 1 saturated heterocycles. The zero-order valence-corrected chi connectivity index (χ0v) is 11.7. The van der Waals surface area contributed by atoms with Gasteiger partial charge in [-0.1, -0.05) is 5.16 Å². The fourth-order valence-electron chi connectivity index (χ4n) is 2.32. The van der Waals surface area contributed by atoms with Crippen LogP contribution in [0.1, 0.15) is 37.3 Å². The number of rotatable bonds is 4. The van der Waals surface area contributed by atoms with E-state index in [9.17, 15) is 9.59 Å². The molecule has 1 aromatic rings. The van der Waals surface area contributed by atoms with E-state index in [0.29, 0.717) is 13.2 Å². The molecule has 0 bridgehead atoms. The number of likely N-dealkylation sites (tertiary alicyclic amines) is 1. The number of esters is 1. The molecule has 1 aliphatic rings. The van der Waals surface area contributed by atoms with Crippen LogP contribution >= 0.6 is 0 Å². The fraction of sp³-hybridized carbons (Fsp3) is 0.615. The molecule has 0 radical (unpaired) electrons. The summed E-state index contributed by atoms with van der Waals surface area (Å²) in [5.74, 6) is 0.285. The standard InChI is InChI=1S/C13H19N3O4/c1-3-19-12(17)8-14-13(18)16-6-4-5-11(16)10-7-9(2)20-15-10/h7,11H,3-6,8H2,1-2H3,(H,14,18)/t11-/m1/s1. The topological polar surface area (TPSA) is 84.7 Å². The lowest BCUT2D eigenvalue weighted by Gasteiger charge is -2.23. The predicted octanol–water partition coefficient (Wildman–Crippen LogP) is 1.39. The van der Waals surface area contributed by atoms with Crippen LogP contribution in [0.3, 0.4) is 0 Å². The molecule has 1 N–H and O–H groups in total. The van der Waals surface area contributed by atoms with E-state index in [1.807, 2.05) is 13.0 Å². The van der Waals surface area contributed by atoms with E-state index in [2.05, 4.69) is 10.5 Å². The monoisotopic (exact) mass is 281 g/mol. The Kier molecular flexibility index (Phi) is 4.60. The van der Waals surface area contributed by atoms with Gasteiger partial charge in [0, 0.05) is 12.6 Å². The maximum Gasteiger partial charge on any atom is 0.325 e. The van der Waals surface area contributed by atoms with Gasteiger partial charge in [0.15, 0.2) is 0 Å². The molecule has 7 nitrogen and oxygen atoms in total. The van der Waals surface area contributed by atoms with Crippen LogP contribution in [0.15, 0.2) is 10.6 Å². The van der Waals surface area contributed by atoms with Crippen LogP contribution in [-0.4, -0.2) is 41.8 Å². The maximum atomic E-state index is 12.1. The van der Waals surface area contributed by atoms with Gasteiger partial charge in [0.25, 0.3) is 0 Å². The number of aromatic nitrogens is 1. The summed E-state index contributed by atoms with van der Waals surface area (Å²) in [5.41, 5.74) is 0.756. The first kappa shape index (κ1) is 14.4. The predicted molar refractivity (Wildman–Crippen MR) is 70.0 cm³/mol. The van der Waals surface area contributed by atoms with Gasteiger partial charge >= 0.3 is 12.0 Å². The van der Waals surface area contributed by atoms with Gasteiger partial charge in [0.2, 0.25) is 0 Å². The Morgan fingerprint density at radius 3 is 3.05 bits per heavy atom. The number of aryl methyl sites for hydroxylation is 1. The molecule has 1 aliphatic heterocycles. The average molecular weight is 281 g/mol. The smallest absolute Gasteiger partial charge is 0.325 e. The van der Waals surface area contributed by atoms with E-state index in [-0.39, 0.29) is 18.6 Å². The highest BCUT2D eigenvalue weighted by Gasteiger charge is 2.32. The number of nitrogens with one attached hydrogen (secondary N) is 1. The summed E-state index contributed by atoms with van der Waals surface area (Å²) >= 11 is 0. The van der Waals surface area contributed by atoms with E-state index in [1.165, 1.54) is 0 Å². The third-order valence-corrected chi connectivity index (χ3v) is 3.19. The van der Waals surface area contributed by atoms with Gasteiger partial charge in [-0.25, -0.2) is 4.79 Å². The van der Waals surface area contributed by atoms with Gasteiger partial charge in [-0.05, 0) is 26.7 Å². The van der Waals surface area contributed by atoms with Crippen molar-refractivity contribution in [1.82, 2.24) is 15.4 Å². The minimum Gasteiger partial charge on any atom is -0.465 e. The first-order valence-corrected chi connectivity index (χ1v) is 6.75. The van der Waals surface area contributed by atoms with Crippen molar-refractivity contribution in [3.8, 4) is 0 Å². The zero-order chi connectivity index (χ0) is 14.5. The van der Waals surface area contributed by atoms with E-state index in [4.69, 9.17) is 9.26 Å². The SMILES string of the molecule is CCOC(=O)CNC(=O)N1CCC[C@@H]1c1cc(C)on1. The van der Waals surface area contributed by atoms with Crippen molar-refractivity contribution in [2.45, 2.75) is 32.7 Å². The van der Waals surface area contributed by atoms with Crippen LogP contribution in [-0.2, 0) is 9.53 Å². The minimum absolute atomic E-state index is 0.0883. The molecule has 0 saturated carbocycles. The van der Waals surface area contributed by atoms with Gasteiger partial charge < -0.3 is 19.5 Å². The third-order valence-electron chi connectivity index (χ3n) is 3.19. The zero-order valence-electron chi connectivity index (χ0n) is 11.7. The molecule has 20 heavy (non-hydrogen) atoms. The molecule has 2 amide bonds. The first-order chi connectivity index (χ1) is 9.61. The van der Waals surface area contributed by atoms with E-state index < -0.39 is 5.97 Å². The molecule has 0 spiro atoms. The van der Waals surface area contributed by atoms with E-state index in [1.54, 1.807) is 11.8 Å². The lowest BCUT2D eigenvalue weighted by atomic mass is 10.1. The minimum atomic E-state index is -0.436. The fourth-order valence-corrected chi connectivity index (χ4v) is 2.32.